The van der Waals surface area contributed by atoms with Crippen molar-refractivity contribution in [2.75, 3.05) is 6.61 Å². The number of ether oxygens (including phenoxy) is 1. The lowest BCUT2D eigenvalue weighted by atomic mass is 9.86. The van der Waals surface area contributed by atoms with Crippen LogP contribution in [0.1, 0.15) is 51.3 Å². The monoisotopic (exact) mass is 268 g/mol. The van der Waals surface area contributed by atoms with Gasteiger partial charge in [-0.05, 0) is 25.0 Å². The SMILES string of the molecule is CCOC1(C(O)Cc2nnn(C)n2)CCCCCC1. The zero-order valence-electron chi connectivity index (χ0n) is 11.9. The smallest absolute Gasteiger partial charge is 0.177 e. The van der Waals surface area contributed by atoms with Gasteiger partial charge < -0.3 is 9.84 Å². The Morgan fingerprint density at radius 1 is 1.32 bits per heavy atom. The van der Waals surface area contributed by atoms with Gasteiger partial charge in [0.1, 0.15) is 0 Å². The third-order valence-corrected chi connectivity index (χ3v) is 3.91. The van der Waals surface area contributed by atoms with E-state index in [2.05, 4.69) is 15.4 Å². The van der Waals surface area contributed by atoms with E-state index in [-0.39, 0.29) is 0 Å². The highest BCUT2D eigenvalue weighted by molar-refractivity contribution is 4.95. The molecule has 0 aromatic carbocycles. The second-order valence-electron chi connectivity index (χ2n) is 5.33. The van der Waals surface area contributed by atoms with Gasteiger partial charge in [-0.3, -0.25) is 0 Å². The Morgan fingerprint density at radius 3 is 2.53 bits per heavy atom. The molecular formula is C13H24N4O2. The minimum Gasteiger partial charge on any atom is -0.390 e. The number of aromatic nitrogens is 4. The van der Waals surface area contributed by atoms with Crippen LogP contribution in [0.15, 0.2) is 0 Å². The Hall–Kier alpha value is -1.01. The number of aliphatic hydroxyl groups is 1. The van der Waals surface area contributed by atoms with Gasteiger partial charge in [0.15, 0.2) is 5.82 Å². The zero-order valence-corrected chi connectivity index (χ0v) is 11.9. The summed E-state index contributed by atoms with van der Waals surface area (Å²) in [5, 5.41) is 22.5. The highest BCUT2D eigenvalue weighted by atomic mass is 16.5. The van der Waals surface area contributed by atoms with Crippen LogP contribution < -0.4 is 0 Å². The summed E-state index contributed by atoms with van der Waals surface area (Å²) >= 11 is 0. The van der Waals surface area contributed by atoms with Crippen molar-refractivity contribution in [3.8, 4) is 0 Å². The van der Waals surface area contributed by atoms with E-state index >= 15 is 0 Å². The first kappa shape index (κ1) is 14.4. The van der Waals surface area contributed by atoms with E-state index in [9.17, 15) is 5.11 Å². The molecule has 0 amide bonds. The maximum atomic E-state index is 10.6. The largest absolute Gasteiger partial charge is 0.390 e. The standard InChI is InChI=1S/C13H24N4O2/c1-3-19-13(8-6-4-5-7-9-13)11(18)10-12-14-16-17(2)15-12/h11,18H,3-10H2,1-2H3. The molecule has 19 heavy (non-hydrogen) atoms. The summed E-state index contributed by atoms with van der Waals surface area (Å²) in [6, 6.07) is 0. The number of hydrogen-bond acceptors (Lipinski definition) is 5. The first-order valence-corrected chi connectivity index (χ1v) is 7.21. The molecule has 6 heteroatoms. The van der Waals surface area contributed by atoms with Crippen LogP contribution in [0.5, 0.6) is 0 Å². The van der Waals surface area contributed by atoms with E-state index in [4.69, 9.17) is 4.74 Å². The van der Waals surface area contributed by atoms with Crippen molar-refractivity contribution >= 4 is 0 Å². The molecule has 1 aliphatic carbocycles. The van der Waals surface area contributed by atoms with Crippen molar-refractivity contribution in [1.29, 1.82) is 0 Å². The van der Waals surface area contributed by atoms with Crippen molar-refractivity contribution in [2.24, 2.45) is 7.05 Å². The van der Waals surface area contributed by atoms with Crippen LogP contribution in [0.4, 0.5) is 0 Å². The van der Waals surface area contributed by atoms with Gasteiger partial charge in [-0.1, -0.05) is 25.7 Å². The van der Waals surface area contributed by atoms with Gasteiger partial charge in [0.05, 0.1) is 18.8 Å². The highest BCUT2D eigenvalue weighted by Crippen LogP contribution is 2.34. The Balaban J connectivity index is 2.08. The van der Waals surface area contributed by atoms with Crippen LogP contribution in [-0.4, -0.2) is 43.6 Å². The predicted molar refractivity (Wildman–Crippen MR) is 70.6 cm³/mol. The first-order valence-electron chi connectivity index (χ1n) is 7.21. The lowest BCUT2D eigenvalue weighted by molar-refractivity contribution is -0.128. The molecule has 0 bridgehead atoms. The summed E-state index contributed by atoms with van der Waals surface area (Å²) in [6.07, 6.45) is 6.37. The van der Waals surface area contributed by atoms with Crippen LogP contribution in [0.2, 0.25) is 0 Å². The number of tetrazole rings is 1. The van der Waals surface area contributed by atoms with E-state index in [1.54, 1.807) is 7.05 Å². The average molecular weight is 268 g/mol. The predicted octanol–water partition coefficient (Wildman–Crippen LogP) is 1.24. The molecule has 1 aromatic rings. The Bertz CT molecular complexity index is 386. The lowest BCUT2D eigenvalue weighted by Gasteiger charge is -2.36. The highest BCUT2D eigenvalue weighted by Gasteiger charge is 2.39. The summed E-state index contributed by atoms with van der Waals surface area (Å²) in [7, 11) is 1.73. The molecule has 2 rings (SSSR count). The van der Waals surface area contributed by atoms with Gasteiger partial charge in [0.2, 0.25) is 0 Å². The second kappa shape index (κ2) is 6.43. The fourth-order valence-electron chi connectivity index (χ4n) is 2.95. The molecule has 1 fully saturated rings. The zero-order chi connectivity index (χ0) is 13.7. The topological polar surface area (TPSA) is 73.1 Å². The average Bonchev–Trinajstić information content (AvgIpc) is 2.65. The van der Waals surface area contributed by atoms with Gasteiger partial charge in [-0.25, -0.2) is 0 Å². The number of rotatable bonds is 5. The maximum Gasteiger partial charge on any atom is 0.177 e. The maximum absolute atomic E-state index is 10.6. The minimum atomic E-state index is -0.560. The number of nitrogens with zero attached hydrogens (tertiary/aromatic N) is 4. The van der Waals surface area contributed by atoms with Crippen LogP contribution in [0.25, 0.3) is 0 Å². The van der Waals surface area contributed by atoms with Crippen LogP contribution in [0.3, 0.4) is 0 Å². The minimum absolute atomic E-state index is 0.411. The van der Waals surface area contributed by atoms with E-state index in [0.29, 0.717) is 18.9 Å². The van der Waals surface area contributed by atoms with E-state index in [1.165, 1.54) is 17.6 Å². The molecule has 6 nitrogen and oxygen atoms in total. The van der Waals surface area contributed by atoms with Crippen LogP contribution in [0, 0.1) is 0 Å². The van der Waals surface area contributed by atoms with Crippen molar-refractivity contribution in [2.45, 2.75) is 63.6 Å². The summed E-state index contributed by atoms with van der Waals surface area (Å²) in [6.45, 7) is 2.62. The fraction of sp³-hybridized carbons (Fsp3) is 0.923. The van der Waals surface area contributed by atoms with E-state index in [1.807, 2.05) is 6.92 Å². The molecule has 0 spiro atoms. The van der Waals surface area contributed by atoms with Gasteiger partial charge in [0, 0.05) is 13.0 Å². The van der Waals surface area contributed by atoms with Gasteiger partial charge in [0.25, 0.3) is 0 Å². The molecule has 1 saturated carbocycles. The molecule has 1 unspecified atom stereocenters. The van der Waals surface area contributed by atoms with E-state index in [0.717, 1.165) is 25.7 Å². The fourth-order valence-corrected chi connectivity index (χ4v) is 2.95. The van der Waals surface area contributed by atoms with Crippen molar-refractivity contribution in [3.05, 3.63) is 5.82 Å². The Kier molecular flexibility index (Phi) is 4.87. The number of hydrogen-bond donors (Lipinski definition) is 1. The molecule has 108 valence electrons. The quantitative estimate of drug-likeness (QED) is 0.813. The van der Waals surface area contributed by atoms with Crippen molar-refractivity contribution in [1.82, 2.24) is 20.2 Å². The first-order chi connectivity index (χ1) is 9.16. The Labute approximate surface area is 114 Å². The molecule has 1 aliphatic rings. The Morgan fingerprint density at radius 2 is 2.00 bits per heavy atom. The normalized spacial score (nSPS) is 21.0. The van der Waals surface area contributed by atoms with E-state index < -0.39 is 11.7 Å². The van der Waals surface area contributed by atoms with Crippen molar-refractivity contribution in [3.63, 3.8) is 0 Å². The van der Waals surface area contributed by atoms with Crippen LogP contribution in [-0.2, 0) is 18.2 Å². The lowest BCUT2D eigenvalue weighted by Crippen LogP contribution is -2.46. The second-order valence-corrected chi connectivity index (χ2v) is 5.33. The third kappa shape index (κ3) is 3.51. The summed E-state index contributed by atoms with van der Waals surface area (Å²) < 4.78 is 5.96. The van der Waals surface area contributed by atoms with Gasteiger partial charge >= 0.3 is 0 Å². The molecule has 0 saturated heterocycles. The van der Waals surface area contributed by atoms with Crippen LogP contribution >= 0.6 is 0 Å². The number of aryl methyl sites for hydroxylation is 1. The molecular weight excluding hydrogens is 244 g/mol. The summed E-state index contributed by atoms with van der Waals surface area (Å²) in [5.41, 5.74) is -0.426. The summed E-state index contributed by atoms with van der Waals surface area (Å²) in [4.78, 5) is 1.42. The molecule has 1 heterocycles. The summed E-state index contributed by atoms with van der Waals surface area (Å²) in [5.74, 6) is 0.582. The molecule has 0 aliphatic heterocycles. The molecule has 1 atom stereocenters. The van der Waals surface area contributed by atoms with Gasteiger partial charge in [-0.2, -0.15) is 4.80 Å². The third-order valence-electron chi connectivity index (χ3n) is 3.91. The molecule has 0 radical (unpaired) electrons. The molecule has 1 N–H and O–H groups in total. The molecule has 1 aromatic heterocycles. The van der Waals surface area contributed by atoms with Crippen molar-refractivity contribution < 1.29 is 9.84 Å². The van der Waals surface area contributed by atoms with Gasteiger partial charge in [-0.15, -0.1) is 10.2 Å². The number of aliphatic hydroxyl groups excluding tert-OH is 1.